The maximum Gasteiger partial charge on any atom is 0.339 e. The zero-order valence-electron chi connectivity index (χ0n) is 10.8. The molecule has 0 saturated heterocycles. The van der Waals surface area contributed by atoms with Crippen molar-refractivity contribution >= 4 is 5.97 Å². The number of aromatic nitrogens is 4. The number of carboxylic acids is 1. The fourth-order valence-electron chi connectivity index (χ4n) is 1.65. The Hall–Kier alpha value is -2.51. The van der Waals surface area contributed by atoms with Crippen LogP contribution >= 0.6 is 0 Å². The normalized spacial score (nSPS) is 10.5. The van der Waals surface area contributed by atoms with E-state index in [0.29, 0.717) is 12.4 Å². The summed E-state index contributed by atoms with van der Waals surface area (Å²) in [6.07, 6.45) is 0.846. The number of nitrogens with zero attached hydrogens (tertiary/aromatic N) is 4. The summed E-state index contributed by atoms with van der Waals surface area (Å²) in [7, 11) is 0. The van der Waals surface area contributed by atoms with Crippen LogP contribution in [0.4, 0.5) is 4.39 Å². The van der Waals surface area contributed by atoms with Gasteiger partial charge in [0.05, 0.1) is 0 Å². The molecule has 0 spiro atoms. The Kier molecular flexibility index (Phi) is 4.24. The lowest BCUT2D eigenvalue weighted by molar-refractivity contribution is 0.0691. The second-order valence-electron chi connectivity index (χ2n) is 4.05. The average Bonchev–Trinajstić information content (AvgIpc) is 2.84. The standard InChI is InChI=1S/C12H13FN4O3/c1-2-5-17-11(14-15-16-17)7-20-10-6-8(13)3-4-9(10)12(18)19/h3-4,6H,2,5,7H2,1H3,(H,18,19). The Morgan fingerprint density at radius 2 is 2.30 bits per heavy atom. The number of hydrogen-bond donors (Lipinski definition) is 1. The van der Waals surface area contributed by atoms with Crippen molar-refractivity contribution in [2.24, 2.45) is 0 Å². The molecule has 0 aliphatic carbocycles. The van der Waals surface area contributed by atoms with Crippen molar-refractivity contribution in [2.45, 2.75) is 26.5 Å². The SMILES string of the molecule is CCCn1nnnc1COc1cc(F)ccc1C(=O)O. The van der Waals surface area contributed by atoms with E-state index in [4.69, 9.17) is 9.84 Å². The van der Waals surface area contributed by atoms with E-state index in [9.17, 15) is 9.18 Å². The maximum absolute atomic E-state index is 13.2. The number of hydrogen-bond acceptors (Lipinski definition) is 5. The van der Waals surface area contributed by atoms with Gasteiger partial charge in [0.2, 0.25) is 0 Å². The van der Waals surface area contributed by atoms with Gasteiger partial charge in [-0.3, -0.25) is 0 Å². The number of rotatable bonds is 6. The first-order valence-electron chi connectivity index (χ1n) is 6.02. The monoisotopic (exact) mass is 280 g/mol. The summed E-state index contributed by atoms with van der Waals surface area (Å²) in [5.74, 6) is -1.36. The summed E-state index contributed by atoms with van der Waals surface area (Å²) >= 11 is 0. The van der Waals surface area contributed by atoms with Crippen molar-refractivity contribution in [1.82, 2.24) is 20.2 Å². The molecule has 0 aliphatic heterocycles. The van der Waals surface area contributed by atoms with Crippen LogP contribution in [0.1, 0.15) is 29.5 Å². The van der Waals surface area contributed by atoms with Crippen LogP contribution in [-0.2, 0) is 13.2 Å². The van der Waals surface area contributed by atoms with Gasteiger partial charge >= 0.3 is 5.97 Å². The van der Waals surface area contributed by atoms with Gasteiger partial charge < -0.3 is 9.84 Å². The summed E-state index contributed by atoms with van der Waals surface area (Å²) in [5.41, 5.74) is -0.110. The molecule has 0 saturated carbocycles. The van der Waals surface area contributed by atoms with Gasteiger partial charge in [0.1, 0.15) is 23.7 Å². The molecule has 0 radical (unpaired) electrons. The van der Waals surface area contributed by atoms with E-state index >= 15 is 0 Å². The van der Waals surface area contributed by atoms with E-state index in [0.717, 1.165) is 24.6 Å². The van der Waals surface area contributed by atoms with Crippen molar-refractivity contribution in [3.8, 4) is 5.75 Å². The molecule has 106 valence electrons. The number of benzene rings is 1. The predicted molar refractivity (Wildman–Crippen MR) is 65.8 cm³/mol. The van der Waals surface area contributed by atoms with Crippen LogP contribution in [0.2, 0.25) is 0 Å². The lowest BCUT2D eigenvalue weighted by Crippen LogP contribution is -2.10. The third kappa shape index (κ3) is 3.08. The summed E-state index contributed by atoms with van der Waals surface area (Å²) in [4.78, 5) is 11.0. The topological polar surface area (TPSA) is 90.1 Å². The Bertz CT molecular complexity index is 614. The number of carboxylic acid groups (broad SMARTS) is 1. The van der Waals surface area contributed by atoms with E-state index in [1.54, 1.807) is 4.68 Å². The summed E-state index contributed by atoms with van der Waals surface area (Å²) < 4.78 is 20.0. The van der Waals surface area contributed by atoms with Crippen molar-refractivity contribution in [2.75, 3.05) is 0 Å². The van der Waals surface area contributed by atoms with Crippen molar-refractivity contribution in [1.29, 1.82) is 0 Å². The number of aryl methyl sites for hydroxylation is 1. The lowest BCUT2D eigenvalue weighted by atomic mass is 10.2. The molecule has 0 bridgehead atoms. The van der Waals surface area contributed by atoms with E-state index in [-0.39, 0.29) is 17.9 Å². The highest BCUT2D eigenvalue weighted by Gasteiger charge is 2.14. The Labute approximate surface area is 114 Å². The minimum Gasteiger partial charge on any atom is -0.485 e. The van der Waals surface area contributed by atoms with Crippen LogP contribution in [0.5, 0.6) is 5.75 Å². The Morgan fingerprint density at radius 3 is 3.00 bits per heavy atom. The van der Waals surface area contributed by atoms with E-state index in [2.05, 4.69) is 15.5 Å². The largest absolute Gasteiger partial charge is 0.485 e. The van der Waals surface area contributed by atoms with Gasteiger partial charge in [0.25, 0.3) is 0 Å². The van der Waals surface area contributed by atoms with Crippen LogP contribution in [0.15, 0.2) is 18.2 Å². The fourth-order valence-corrected chi connectivity index (χ4v) is 1.65. The van der Waals surface area contributed by atoms with E-state index in [1.165, 1.54) is 0 Å². The first-order valence-corrected chi connectivity index (χ1v) is 6.02. The molecule has 0 atom stereocenters. The highest BCUT2D eigenvalue weighted by molar-refractivity contribution is 5.90. The highest BCUT2D eigenvalue weighted by atomic mass is 19.1. The molecule has 2 rings (SSSR count). The molecule has 2 aromatic rings. The lowest BCUT2D eigenvalue weighted by Gasteiger charge is -2.09. The zero-order valence-corrected chi connectivity index (χ0v) is 10.8. The molecule has 1 aromatic carbocycles. The van der Waals surface area contributed by atoms with Gasteiger partial charge in [-0.15, -0.1) is 5.10 Å². The van der Waals surface area contributed by atoms with Crippen LogP contribution in [0.3, 0.4) is 0 Å². The average molecular weight is 280 g/mol. The molecule has 0 fully saturated rings. The van der Waals surface area contributed by atoms with E-state index in [1.807, 2.05) is 6.92 Å². The molecular weight excluding hydrogens is 267 g/mol. The summed E-state index contributed by atoms with van der Waals surface area (Å²) in [6, 6.07) is 3.25. The highest BCUT2D eigenvalue weighted by Crippen LogP contribution is 2.20. The van der Waals surface area contributed by atoms with Gasteiger partial charge in [-0.1, -0.05) is 6.92 Å². The molecule has 20 heavy (non-hydrogen) atoms. The number of carbonyl (C=O) groups is 1. The van der Waals surface area contributed by atoms with Crippen molar-refractivity contribution < 1.29 is 19.0 Å². The minimum atomic E-state index is -1.19. The van der Waals surface area contributed by atoms with Crippen LogP contribution in [0, 0.1) is 5.82 Å². The number of halogens is 1. The molecule has 0 unspecified atom stereocenters. The van der Waals surface area contributed by atoms with Gasteiger partial charge in [-0.25, -0.2) is 13.9 Å². The second kappa shape index (κ2) is 6.09. The Balaban J connectivity index is 2.16. The molecule has 1 aromatic heterocycles. The van der Waals surface area contributed by atoms with Crippen molar-refractivity contribution in [3.63, 3.8) is 0 Å². The zero-order chi connectivity index (χ0) is 14.5. The first kappa shape index (κ1) is 13.9. The molecule has 8 heteroatoms. The van der Waals surface area contributed by atoms with Gasteiger partial charge in [0, 0.05) is 12.6 Å². The van der Waals surface area contributed by atoms with Crippen molar-refractivity contribution in [3.05, 3.63) is 35.4 Å². The molecule has 0 aliphatic rings. The second-order valence-corrected chi connectivity index (χ2v) is 4.05. The summed E-state index contributed by atoms with van der Waals surface area (Å²) in [5, 5.41) is 20.1. The van der Waals surface area contributed by atoms with Crippen LogP contribution in [0.25, 0.3) is 0 Å². The predicted octanol–water partition coefficient (Wildman–Crippen LogP) is 1.50. The van der Waals surface area contributed by atoms with E-state index < -0.39 is 11.8 Å². The molecule has 7 nitrogen and oxygen atoms in total. The van der Waals surface area contributed by atoms with Gasteiger partial charge in [-0.05, 0) is 29.0 Å². The molecular formula is C12H13FN4O3. The van der Waals surface area contributed by atoms with Crippen LogP contribution in [-0.4, -0.2) is 31.3 Å². The summed E-state index contributed by atoms with van der Waals surface area (Å²) in [6.45, 7) is 2.57. The third-order valence-electron chi connectivity index (χ3n) is 2.57. The minimum absolute atomic E-state index is 0.0310. The molecule has 0 amide bonds. The van der Waals surface area contributed by atoms with Gasteiger partial charge in [0.15, 0.2) is 5.82 Å². The smallest absolute Gasteiger partial charge is 0.339 e. The fraction of sp³-hybridized carbons (Fsp3) is 0.333. The van der Waals surface area contributed by atoms with Crippen LogP contribution < -0.4 is 4.74 Å². The first-order chi connectivity index (χ1) is 9.61. The number of ether oxygens (including phenoxy) is 1. The Morgan fingerprint density at radius 1 is 1.50 bits per heavy atom. The number of tetrazole rings is 1. The quantitative estimate of drug-likeness (QED) is 0.862. The van der Waals surface area contributed by atoms with Gasteiger partial charge in [-0.2, -0.15) is 0 Å². The molecule has 1 N–H and O–H groups in total. The number of aromatic carboxylic acids is 1. The molecule has 1 heterocycles. The maximum atomic E-state index is 13.2. The third-order valence-corrected chi connectivity index (χ3v) is 2.57.